The highest BCUT2D eigenvalue weighted by Gasteiger charge is 2.30. The zero-order valence-electron chi connectivity index (χ0n) is 10.1. The number of nitrogens with one attached hydrogen (secondary N) is 1. The van der Waals surface area contributed by atoms with Crippen LogP contribution >= 0.6 is 11.3 Å². The Bertz CT molecular complexity index is 425. The van der Waals surface area contributed by atoms with E-state index in [2.05, 4.69) is 23.7 Å². The maximum Gasteiger partial charge on any atom is 0.317 e. The summed E-state index contributed by atoms with van der Waals surface area (Å²) < 4.78 is 0. The third-order valence-corrected chi connectivity index (χ3v) is 4.80. The standard InChI is InChI=1S/C13H18N2OS/c1-9(10-2-3-10)14-13(16)15-6-4-12-11(8-15)5-7-17-12/h5,7,9-10H,2-4,6,8H2,1H3,(H,14,16)/t9-/m1/s1. The zero-order chi connectivity index (χ0) is 11.8. The van der Waals surface area contributed by atoms with E-state index in [-0.39, 0.29) is 6.03 Å². The van der Waals surface area contributed by atoms with Gasteiger partial charge >= 0.3 is 6.03 Å². The lowest BCUT2D eigenvalue weighted by atomic mass is 10.1. The second-order valence-corrected chi connectivity index (χ2v) is 6.12. The van der Waals surface area contributed by atoms with Crippen molar-refractivity contribution in [2.45, 2.75) is 38.8 Å². The molecular formula is C13H18N2OS. The SMILES string of the molecule is C[C@@H](NC(=O)N1CCc2sccc2C1)C1CC1. The van der Waals surface area contributed by atoms with Crippen LogP contribution in [0.1, 0.15) is 30.2 Å². The topological polar surface area (TPSA) is 32.3 Å². The van der Waals surface area contributed by atoms with Crippen LogP contribution in [0.4, 0.5) is 4.79 Å². The number of urea groups is 1. The molecule has 0 unspecified atom stereocenters. The Morgan fingerprint density at radius 2 is 2.41 bits per heavy atom. The summed E-state index contributed by atoms with van der Waals surface area (Å²) in [5, 5.41) is 5.25. The summed E-state index contributed by atoms with van der Waals surface area (Å²) in [4.78, 5) is 15.5. The minimum Gasteiger partial charge on any atom is -0.335 e. The van der Waals surface area contributed by atoms with Crippen LogP contribution < -0.4 is 5.32 Å². The number of hydrogen-bond acceptors (Lipinski definition) is 2. The van der Waals surface area contributed by atoms with Gasteiger partial charge in [-0.3, -0.25) is 0 Å². The third-order valence-electron chi connectivity index (χ3n) is 3.78. The fourth-order valence-corrected chi connectivity index (χ4v) is 3.31. The van der Waals surface area contributed by atoms with Gasteiger partial charge in [0.25, 0.3) is 0 Å². The van der Waals surface area contributed by atoms with Crippen molar-refractivity contribution < 1.29 is 4.79 Å². The minimum atomic E-state index is 0.112. The molecule has 0 spiro atoms. The van der Waals surface area contributed by atoms with Crippen molar-refractivity contribution in [3.63, 3.8) is 0 Å². The summed E-state index contributed by atoms with van der Waals surface area (Å²) in [7, 11) is 0. The van der Waals surface area contributed by atoms with Crippen molar-refractivity contribution >= 4 is 17.4 Å². The van der Waals surface area contributed by atoms with Crippen LogP contribution in [0, 0.1) is 5.92 Å². The summed E-state index contributed by atoms with van der Waals surface area (Å²) >= 11 is 1.81. The van der Waals surface area contributed by atoms with E-state index in [9.17, 15) is 4.79 Å². The summed E-state index contributed by atoms with van der Waals surface area (Å²) in [5.41, 5.74) is 1.33. The van der Waals surface area contributed by atoms with Gasteiger partial charge in [0.2, 0.25) is 0 Å². The van der Waals surface area contributed by atoms with Crippen molar-refractivity contribution in [1.82, 2.24) is 10.2 Å². The van der Waals surface area contributed by atoms with E-state index in [1.54, 1.807) is 0 Å². The molecule has 1 atom stereocenters. The Balaban J connectivity index is 1.60. The van der Waals surface area contributed by atoms with Crippen molar-refractivity contribution in [2.24, 2.45) is 5.92 Å². The first-order valence-electron chi connectivity index (χ1n) is 6.34. The second-order valence-electron chi connectivity index (χ2n) is 5.12. The molecule has 2 heterocycles. The smallest absolute Gasteiger partial charge is 0.317 e. The normalized spacial score (nSPS) is 20.9. The zero-order valence-corrected chi connectivity index (χ0v) is 10.9. The largest absolute Gasteiger partial charge is 0.335 e. The van der Waals surface area contributed by atoms with Gasteiger partial charge in [0.15, 0.2) is 0 Å². The van der Waals surface area contributed by atoms with E-state index in [1.807, 2.05) is 16.2 Å². The highest BCUT2D eigenvalue weighted by atomic mass is 32.1. The summed E-state index contributed by atoms with van der Waals surface area (Å²) in [6.45, 7) is 3.76. The first-order chi connectivity index (χ1) is 8.24. The quantitative estimate of drug-likeness (QED) is 0.859. The predicted octanol–water partition coefficient (Wildman–Crippen LogP) is 2.61. The molecule has 1 aliphatic heterocycles. The average molecular weight is 250 g/mol. The highest BCUT2D eigenvalue weighted by Crippen LogP contribution is 2.32. The van der Waals surface area contributed by atoms with Gasteiger partial charge in [0, 0.05) is 24.0 Å². The lowest BCUT2D eigenvalue weighted by Crippen LogP contribution is -2.46. The maximum atomic E-state index is 12.1. The Morgan fingerprint density at radius 1 is 1.59 bits per heavy atom. The predicted molar refractivity (Wildman–Crippen MR) is 69.2 cm³/mol. The number of nitrogens with zero attached hydrogens (tertiary/aromatic N) is 1. The Hall–Kier alpha value is -1.03. The van der Waals surface area contributed by atoms with E-state index >= 15 is 0 Å². The van der Waals surface area contributed by atoms with Gasteiger partial charge in [0.05, 0.1) is 0 Å². The number of fused-ring (bicyclic) bond motifs is 1. The Morgan fingerprint density at radius 3 is 3.18 bits per heavy atom. The molecule has 1 fully saturated rings. The minimum absolute atomic E-state index is 0.112. The fourth-order valence-electron chi connectivity index (χ4n) is 2.42. The van der Waals surface area contributed by atoms with Gasteiger partial charge < -0.3 is 10.2 Å². The van der Waals surface area contributed by atoms with E-state index < -0.39 is 0 Å². The van der Waals surface area contributed by atoms with Crippen molar-refractivity contribution in [1.29, 1.82) is 0 Å². The number of amides is 2. The molecule has 0 aromatic carbocycles. The van der Waals surface area contributed by atoms with Gasteiger partial charge in [0.1, 0.15) is 0 Å². The lowest BCUT2D eigenvalue weighted by molar-refractivity contribution is 0.188. The molecule has 3 rings (SSSR count). The van der Waals surface area contributed by atoms with Crippen LogP contribution in [0.15, 0.2) is 11.4 Å². The van der Waals surface area contributed by atoms with Crippen LogP contribution in [-0.2, 0) is 13.0 Å². The number of carbonyl (C=O) groups excluding carboxylic acids is 1. The third kappa shape index (κ3) is 2.32. The molecule has 1 N–H and O–H groups in total. The molecule has 0 radical (unpaired) electrons. The number of hydrogen-bond donors (Lipinski definition) is 1. The van der Waals surface area contributed by atoms with Crippen LogP contribution in [-0.4, -0.2) is 23.5 Å². The molecule has 2 aliphatic rings. The van der Waals surface area contributed by atoms with Crippen molar-refractivity contribution in [3.05, 3.63) is 21.9 Å². The molecule has 3 nitrogen and oxygen atoms in total. The molecule has 92 valence electrons. The molecule has 1 aliphatic carbocycles. The number of thiophene rings is 1. The molecule has 1 aromatic heterocycles. The maximum absolute atomic E-state index is 12.1. The first-order valence-corrected chi connectivity index (χ1v) is 7.22. The van der Waals surface area contributed by atoms with Crippen LogP contribution in [0.3, 0.4) is 0 Å². The number of carbonyl (C=O) groups is 1. The van der Waals surface area contributed by atoms with E-state index in [0.717, 1.165) is 25.4 Å². The fraction of sp³-hybridized carbons (Fsp3) is 0.615. The Labute approximate surface area is 106 Å². The molecule has 17 heavy (non-hydrogen) atoms. The summed E-state index contributed by atoms with van der Waals surface area (Å²) in [5.74, 6) is 0.723. The summed E-state index contributed by atoms with van der Waals surface area (Å²) in [6, 6.07) is 2.59. The summed E-state index contributed by atoms with van der Waals surface area (Å²) in [6.07, 6.45) is 3.56. The van der Waals surface area contributed by atoms with Gasteiger partial charge in [-0.1, -0.05) is 0 Å². The molecule has 1 saturated carbocycles. The monoisotopic (exact) mass is 250 g/mol. The molecule has 0 bridgehead atoms. The van der Waals surface area contributed by atoms with Crippen LogP contribution in [0.5, 0.6) is 0 Å². The van der Waals surface area contributed by atoms with E-state index in [0.29, 0.717) is 6.04 Å². The molecule has 2 amide bonds. The van der Waals surface area contributed by atoms with Crippen LogP contribution in [0.2, 0.25) is 0 Å². The molecule has 1 aromatic rings. The highest BCUT2D eigenvalue weighted by molar-refractivity contribution is 7.10. The lowest BCUT2D eigenvalue weighted by Gasteiger charge is -2.28. The van der Waals surface area contributed by atoms with Gasteiger partial charge in [-0.2, -0.15) is 0 Å². The van der Waals surface area contributed by atoms with Gasteiger partial charge in [-0.05, 0) is 49.1 Å². The van der Waals surface area contributed by atoms with Crippen molar-refractivity contribution in [2.75, 3.05) is 6.54 Å². The molecule has 0 saturated heterocycles. The van der Waals surface area contributed by atoms with E-state index in [4.69, 9.17) is 0 Å². The first kappa shape index (κ1) is 11.1. The second kappa shape index (κ2) is 4.33. The Kier molecular flexibility index (Phi) is 2.82. The van der Waals surface area contributed by atoms with Crippen molar-refractivity contribution in [3.8, 4) is 0 Å². The van der Waals surface area contributed by atoms with Gasteiger partial charge in [-0.25, -0.2) is 4.79 Å². The van der Waals surface area contributed by atoms with Crippen LogP contribution in [0.25, 0.3) is 0 Å². The van der Waals surface area contributed by atoms with E-state index in [1.165, 1.54) is 23.3 Å². The average Bonchev–Trinajstić information content (AvgIpc) is 3.07. The van der Waals surface area contributed by atoms with Gasteiger partial charge in [-0.15, -0.1) is 11.3 Å². The molecular weight excluding hydrogens is 232 g/mol. The number of rotatable bonds is 2. The molecule has 4 heteroatoms.